The van der Waals surface area contributed by atoms with E-state index in [1.54, 1.807) is 13.2 Å². The fourth-order valence-electron chi connectivity index (χ4n) is 7.25. The Morgan fingerprint density at radius 1 is 0.844 bits per heavy atom. The molecule has 4 aromatic carbocycles. The molecule has 0 radical (unpaired) electrons. The number of rotatable bonds is 2. The third-order valence-corrected chi connectivity index (χ3v) is 9.98. The minimum absolute atomic E-state index is 0.0505. The van der Waals surface area contributed by atoms with Crippen LogP contribution in [0.5, 0.6) is 46.0 Å². The lowest BCUT2D eigenvalue weighted by Crippen LogP contribution is -2.48. The molecule has 1 N–H and O–H groups in total. The smallest absolute Gasteiger partial charge is 0.169 e. The molecular formula is C37H40N2O6. The van der Waals surface area contributed by atoms with Gasteiger partial charge >= 0.3 is 0 Å². The van der Waals surface area contributed by atoms with Crippen LogP contribution in [-0.4, -0.2) is 62.9 Å². The highest BCUT2D eigenvalue weighted by molar-refractivity contribution is 5.61. The second kappa shape index (κ2) is 11.2. The van der Waals surface area contributed by atoms with Gasteiger partial charge in [-0.1, -0.05) is 18.2 Å². The number of hydrogen-bond acceptors (Lipinski definition) is 7. The van der Waals surface area contributed by atoms with E-state index in [1.165, 1.54) is 18.2 Å². The Balaban J connectivity index is 1.43. The van der Waals surface area contributed by atoms with E-state index in [0.29, 0.717) is 45.4 Å². The van der Waals surface area contributed by atoms with Crippen LogP contribution in [0.4, 0.5) is 0 Å². The number of phenolic OH excluding ortho intramolecular Hbond substituents is 1. The summed E-state index contributed by atoms with van der Waals surface area (Å²) in [7, 11) is 9.71. The first-order valence-corrected chi connectivity index (χ1v) is 15.6. The van der Waals surface area contributed by atoms with Crippen LogP contribution in [0.2, 0.25) is 0 Å². The second-order valence-electron chi connectivity index (χ2n) is 13.1. The van der Waals surface area contributed by atoms with E-state index in [0.717, 1.165) is 54.6 Å². The summed E-state index contributed by atoms with van der Waals surface area (Å²) >= 11 is 0. The summed E-state index contributed by atoms with van der Waals surface area (Å²) in [5, 5.41) is 24.8. The van der Waals surface area contributed by atoms with Crippen molar-refractivity contribution in [1.29, 1.82) is 0 Å². The van der Waals surface area contributed by atoms with Crippen LogP contribution in [-0.2, 0) is 25.7 Å². The highest BCUT2D eigenvalue weighted by Gasteiger charge is 2.39. The van der Waals surface area contributed by atoms with E-state index in [4.69, 9.17) is 18.9 Å². The Morgan fingerprint density at radius 2 is 1.58 bits per heavy atom. The van der Waals surface area contributed by atoms with Crippen molar-refractivity contribution >= 4 is 0 Å². The average Bonchev–Trinajstić information content (AvgIpc) is 3.03. The summed E-state index contributed by atoms with van der Waals surface area (Å²) < 4.78 is 25.0. The van der Waals surface area contributed by atoms with Crippen LogP contribution in [0.15, 0.2) is 60.7 Å². The summed E-state index contributed by atoms with van der Waals surface area (Å²) in [6.07, 6.45) is 3.09. The van der Waals surface area contributed by atoms with Crippen LogP contribution in [0.3, 0.4) is 0 Å². The third-order valence-electron chi connectivity index (χ3n) is 9.98. The quantitative estimate of drug-likeness (QED) is 0.277. The van der Waals surface area contributed by atoms with Crippen molar-refractivity contribution in [3.8, 4) is 46.0 Å². The Bertz CT molecular complexity index is 1770. The molecule has 45 heavy (non-hydrogen) atoms. The van der Waals surface area contributed by atoms with Gasteiger partial charge in [-0.3, -0.25) is 4.90 Å². The standard InChI is InChI=1S/C37H40N2O6/c1-38-14-12-24-19-32(42-4)33-21-27(24)28(38)16-22-6-9-26(10-7-22)44-37-35-25(20-34(43-5)36(37)41)13-15-39(2,3)29(35)17-23-8-11-30(40)31(18-23)45-33/h6-11,18-21,28-29H,12-17H2,1-5H3,(H-,40,41)/t28-,29+/m0/s1. The maximum atomic E-state index is 13.8. The molecule has 8 nitrogen and oxygen atoms in total. The van der Waals surface area contributed by atoms with Crippen molar-refractivity contribution in [3.63, 3.8) is 0 Å². The minimum Gasteiger partial charge on any atom is -0.867 e. The first-order valence-electron chi connectivity index (χ1n) is 15.6. The Hall–Kier alpha value is -4.40. The van der Waals surface area contributed by atoms with Crippen LogP contribution >= 0.6 is 0 Å². The number of phenols is 1. The van der Waals surface area contributed by atoms with Crippen LogP contribution < -0.4 is 24.1 Å². The molecule has 0 saturated carbocycles. The lowest BCUT2D eigenvalue weighted by molar-refractivity contribution is -0.923. The third kappa shape index (κ3) is 5.22. The van der Waals surface area contributed by atoms with E-state index < -0.39 is 0 Å². The molecule has 4 aliphatic heterocycles. The minimum atomic E-state index is -0.252. The Morgan fingerprint density at radius 3 is 2.33 bits per heavy atom. The Labute approximate surface area is 264 Å². The molecule has 0 fully saturated rings. The van der Waals surface area contributed by atoms with Crippen molar-refractivity contribution in [3.05, 3.63) is 94.0 Å². The highest BCUT2D eigenvalue weighted by Crippen LogP contribution is 2.50. The van der Waals surface area contributed by atoms with Crippen LogP contribution in [0.1, 0.15) is 45.5 Å². The molecule has 4 aliphatic rings. The fraction of sp³-hybridized carbons (Fsp3) is 0.351. The molecule has 4 aromatic rings. The van der Waals surface area contributed by atoms with E-state index >= 15 is 0 Å². The zero-order chi connectivity index (χ0) is 31.5. The molecule has 0 saturated heterocycles. The number of fused-ring (bicyclic) bond motifs is 2. The number of methoxy groups -OCH3 is 2. The van der Waals surface area contributed by atoms with Gasteiger partial charge in [-0.2, -0.15) is 0 Å². The maximum absolute atomic E-state index is 13.8. The molecule has 0 amide bonds. The van der Waals surface area contributed by atoms with Gasteiger partial charge in [0.15, 0.2) is 23.0 Å². The van der Waals surface area contributed by atoms with Gasteiger partial charge in [0.25, 0.3) is 0 Å². The number of aromatic hydroxyl groups is 1. The zero-order valence-electron chi connectivity index (χ0n) is 26.6. The van der Waals surface area contributed by atoms with E-state index in [1.807, 2.05) is 30.3 Å². The predicted octanol–water partition coefficient (Wildman–Crippen LogP) is 6.07. The lowest BCUT2D eigenvalue weighted by atomic mass is 9.86. The number of ether oxygens (including phenoxy) is 4. The lowest BCUT2D eigenvalue weighted by Gasteiger charge is -2.44. The van der Waals surface area contributed by atoms with Gasteiger partial charge in [0.1, 0.15) is 23.3 Å². The predicted molar refractivity (Wildman–Crippen MR) is 170 cm³/mol. The monoisotopic (exact) mass is 608 g/mol. The van der Waals surface area contributed by atoms with Gasteiger partial charge in [-0.25, -0.2) is 0 Å². The SMILES string of the molecule is COc1cc2c3cc1Oc1cc(ccc1O)C[C@@H]1c4c(cc(OC)c([O-])c4Oc4ccc(cc4)C[C@@H]3N(C)CC2)CC[N+]1(C)C. The molecule has 6 bridgehead atoms. The van der Waals surface area contributed by atoms with Crippen molar-refractivity contribution < 1.29 is 33.6 Å². The van der Waals surface area contributed by atoms with Crippen LogP contribution in [0, 0.1) is 0 Å². The first-order chi connectivity index (χ1) is 21.6. The maximum Gasteiger partial charge on any atom is 0.169 e. The van der Waals surface area contributed by atoms with E-state index in [-0.39, 0.29) is 23.6 Å². The number of nitrogens with zero attached hydrogens (tertiary/aromatic N) is 2. The number of hydrogen-bond donors (Lipinski definition) is 1. The molecule has 0 aromatic heterocycles. The zero-order valence-corrected chi connectivity index (χ0v) is 26.6. The summed E-state index contributed by atoms with van der Waals surface area (Å²) in [5.41, 5.74) is 6.51. The number of benzene rings is 4. The van der Waals surface area contributed by atoms with Crippen LogP contribution in [0.25, 0.3) is 0 Å². The van der Waals surface area contributed by atoms with E-state index in [9.17, 15) is 10.2 Å². The van der Waals surface area contributed by atoms with Gasteiger partial charge in [0, 0.05) is 25.4 Å². The molecule has 234 valence electrons. The molecule has 4 heterocycles. The van der Waals surface area contributed by atoms with Gasteiger partial charge in [0.05, 0.1) is 40.4 Å². The summed E-state index contributed by atoms with van der Waals surface area (Å²) in [6, 6.07) is 19.6. The Kier molecular flexibility index (Phi) is 7.29. The largest absolute Gasteiger partial charge is 0.867 e. The van der Waals surface area contributed by atoms with Gasteiger partial charge < -0.3 is 33.6 Å². The number of quaternary nitrogens is 1. The van der Waals surface area contributed by atoms with E-state index in [2.05, 4.69) is 50.3 Å². The second-order valence-corrected chi connectivity index (χ2v) is 13.1. The highest BCUT2D eigenvalue weighted by atomic mass is 16.5. The molecule has 0 aliphatic carbocycles. The van der Waals surface area contributed by atoms with Gasteiger partial charge in [-0.05, 0) is 95.9 Å². The topological polar surface area (TPSA) is 83.5 Å². The van der Waals surface area contributed by atoms with Crippen molar-refractivity contribution in [2.45, 2.75) is 37.8 Å². The normalized spacial score (nSPS) is 20.2. The van der Waals surface area contributed by atoms with Gasteiger partial charge in [0.2, 0.25) is 0 Å². The molecule has 2 atom stereocenters. The summed E-state index contributed by atoms with van der Waals surface area (Å²) in [4.78, 5) is 2.37. The number of likely N-dealkylation sites (N-methyl/N-ethyl adjacent to an activating group) is 2. The van der Waals surface area contributed by atoms with Crippen molar-refractivity contribution in [1.82, 2.24) is 4.90 Å². The van der Waals surface area contributed by atoms with Gasteiger partial charge in [-0.15, -0.1) is 0 Å². The first kappa shape index (κ1) is 29.3. The molecule has 0 unspecified atom stereocenters. The fourth-order valence-corrected chi connectivity index (χ4v) is 7.25. The average molecular weight is 609 g/mol. The summed E-state index contributed by atoms with van der Waals surface area (Å²) in [5.74, 6) is 2.59. The molecule has 0 spiro atoms. The van der Waals surface area contributed by atoms with Crippen molar-refractivity contribution in [2.24, 2.45) is 0 Å². The molecular weight excluding hydrogens is 568 g/mol. The van der Waals surface area contributed by atoms with Crippen molar-refractivity contribution in [2.75, 3.05) is 48.5 Å². The summed E-state index contributed by atoms with van der Waals surface area (Å²) in [6.45, 7) is 1.81. The molecule has 8 rings (SSSR count). The molecule has 8 heteroatoms.